The molecule has 0 aliphatic carbocycles. The van der Waals surface area contributed by atoms with Crippen molar-refractivity contribution in [2.75, 3.05) is 0 Å². The molecule has 0 saturated heterocycles. The Morgan fingerprint density at radius 2 is 1.91 bits per heavy atom. The van der Waals surface area contributed by atoms with Crippen molar-refractivity contribution < 1.29 is 24.6 Å². The number of carbonyl (C=O) groups is 3. The van der Waals surface area contributed by atoms with Gasteiger partial charge in [-0.3, -0.25) is 19.0 Å². The molecule has 0 fully saturated rings. The number of carboxylic acid groups (broad SMARTS) is 2. The van der Waals surface area contributed by atoms with Crippen molar-refractivity contribution in [1.82, 2.24) is 14.9 Å². The summed E-state index contributed by atoms with van der Waals surface area (Å²) < 4.78 is 1.03. The highest BCUT2D eigenvalue weighted by Crippen LogP contribution is 2.04. The number of amides is 1. The number of benzene rings is 1. The van der Waals surface area contributed by atoms with Crippen molar-refractivity contribution in [1.29, 1.82) is 0 Å². The van der Waals surface area contributed by atoms with Gasteiger partial charge in [-0.1, -0.05) is 12.1 Å². The van der Waals surface area contributed by atoms with Crippen molar-refractivity contribution >= 4 is 28.7 Å². The second-order valence-corrected chi connectivity index (χ2v) is 4.75. The van der Waals surface area contributed by atoms with Gasteiger partial charge in [-0.05, 0) is 12.1 Å². The quantitative estimate of drug-likeness (QED) is 0.648. The molecule has 2 aromatic rings. The molecular weight excluding hydrogens is 306 g/mol. The molecule has 0 aliphatic rings. The normalized spacial score (nSPS) is 11.8. The van der Waals surface area contributed by atoms with Crippen LogP contribution in [0.4, 0.5) is 0 Å². The lowest BCUT2D eigenvalue weighted by molar-refractivity contribution is -0.147. The van der Waals surface area contributed by atoms with E-state index in [4.69, 9.17) is 10.2 Å². The van der Waals surface area contributed by atoms with Crippen molar-refractivity contribution in [3.05, 3.63) is 40.9 Å². The summed E-state index contributed by atoms with van der Waals surface area (Å²) in [5, 5.41) is 19.9. The Labute approximate surface area is 129 Å². The second kappa shape index (κ2) is 6.69. The number of nitrogens with one attached hydrogen (secondary N) is 1. The lowest BCUT2D eigenvalue weighted by atomic mass is 10.2. The SMILES string of the molecule is O=C(O)CC(NC(=O)Cn1cnc2ccccc2c1=O)C(=O)O. The van der Waals surface area contributed by atoms with E-state index in [0.29, 0.717) is 10.9 Å². The first kappa shape index (κ1) is 16.1. The third-order valence-electron chi connectivity index (χ3n) is 3.06. The number of rotatable bonds is 6. The Bertz CT molecular complexity index is 829. The highest BCUT2D eigenvalue weighted by Gasteiger charge is 2.23. The van der Waals surface area contributed by atoms with Crippen molar-refractivity contribution in [2.45, 2.75) is 19.0 Å². The maximum absolute atomic E-state index is 12.2. The Kier molecular flexibility index (Phi) is 4.69. The number of carbonyl (C=O) groups excluding carboxylic acids is 1. The van der Waals surface area contributed by atoms with Crippen LogP contribution < -0.4 is 10.9 Å². The number of fused-ring (bicyclic) bond motifs is 1. The Morgan fingerprint density at radius 1 is 1.22 bits per heavy atom. The minimum atomic E-state index is -1.57. The van der Waals surface area contributed by atoms with Crippen LogP contribution >= 0.6 is 0 Å². The molecule has 1 heterocycles. The van der Waals surface area contributed by atoms with Gasteiger partial charge in [0, 0.05) is 0 Å². The van der Waals surface area contributed by atoms with Gasteiger partial charge in [0.1, 0.15) is 12.6 Å². The van der Waals surface area contributed by atoms with E-state index in [2.05, 4.69) is 10.3 Å². The van der Waals surface area contributed by atoms with Gasteiger partial charge < -0.3 is 15.5 Å². The number of aliphatic carboxylic acids is 2. The van der Waals surface area contributed by atoms with E-state index < -0.39 is 42.4 Å². The number of hydrogen-bond acceptors (Lipinski definition) is 5. The summed E-state index contributed by atoms with van der Waals surface area (Å²) in [5.41, 5.74) is 0.0271. The van der Waals surface area contributed by atoms with E-state index in [1.165, 1.54) is 6.33 Å². The molecule has 0 aliphatic heterocycles. The summed E-state index contributed by atoms with van der Waals surface area (Å²) in [6.45, 7) is -0.458. The topological polar surface area (TPSA) is 139 Å². The fourth-order valence-corrected chi connectivity index (χ4v) is 1.99. The molecule has 23 heavy (non-hydrogen) atoms. The third-order valence-corrected chi connectivity index (χ3v) is 3.06. The average Bonchev–Trinajstić information content (AvgIpc) is 2.49. The molecular formula is C14H13N3O6. The molecule has 2 rings (SSSR count). The lowest BCUT2D eigenvalue weighted by Crippen LogP contribution is -2.44. The maximum Gasteiger partial charge on any atom is 0.326 e. The van der Waals surface area contributed by atoms with Crippen LogP contribution in [-0.2, 0) is 20.9 Å². The summed E-state index contributed by atoms with van der Waals surface area (Å²) in [4.78, 5) is 49.5. The van der Waals surface area contributed by atoms with Crippen LogP contribution in [0.25, 0.3) is 10.9 Å². The minimum absolute atomic E-state index is 0.322. The fraction of sp³-hybridized carbons (Fsp3) is 0.214. The zero-order valence-electron chi connectivity index (χ0n) is 11.8. The Hall–Kier alpha value is -3.23. The predicted molar refractivity (Wildman–Crippen MR) is 77.8 cm³/mol. The van der Waals surface area contributed by atoms with Crippen molar-refractivity contribution in [3.63, 3.8) is 0 Å². The van der Waals surface area contributed by atoms with E-state index in [1.807, 2.05) is 0 Å². The van der Waals surface area contributed by atoms with Crippen LogP contribution in [0, 0.1) is 0 Å². The molecule has 0 radical (unpaired) electrons. The Morgan fingerprint density at radius 3 is 2.57 bits per heavy atom. The number of para-hydroxylation sites is 1. The number of carboxylic acids is 2. The largest absolute Gasteiger partial charge is 0.481 e. The molecule has 0 bridgehead atoms. The number of aromatic nitrogens is 2. The molecule has 1 amide bonds. The number of hydrogen-bond donors (Lipinski definition) is 3. The monoisotopic (exact) mass is 319 g/mol. The van der Waals surface area contributed by atoms with Gasteiger partial charge in [0.05, 0.1) is 23.7 Å². The molecule has 0 saturated carbocycles. The molecule has 1 unspecified atom stereocenters. The first-order valence-electron chi connectivity index (χ1n) is 6.56. The van der Waals surface area contributed by atoms with Gasteiger partial charge in [0.15, 0.2) is 0 Å². The standard InChI is InChI=1S/C14H13N3O6/c18-11(16-10(14(22)23)5-12(19)20)6-17-7-15-9-4-2-1-3-8(9)13(17)21/h1-4,7,10H,5-6H2,(H,16,18)(H,19,20)(H,22,23). The molecule has 120 valence electrons. The zero-order chi connectivity index (χ0) is 17.0. The van der Waals surface area contributed by atoms with Crippen LogP contribution in [0.3, 0.4) is 0 Å². The molecule has 0 spiro atoms. The molecule has 9 nitrogen and oxygen atoms in total. The summed E-state index contributed by atoms with van der Waals surface area (Å²) in [6.07, 6.45) is 0.420. The summed E-state index contributed by atoms with van der Waals surface area (Å²) in [6, 6.07) is 5.01. The van der Waals surface area contributed by atoms with E-state index in [0.717, 1.165) is 4.57 Å². The molecule has 3 N–H and O–H groups in total. The van der Waals surface area contributed by atoms with E-state index in [1.54, 1.807) is 24.3 Å². The van der Waals surface area contributed by atoms with Crippen molar-refractivity contribution in [3.8, 4) is 0 Å². The minimum Gasteiger partial charge on any atom is -0.481 e. The zero-order valence-corrected chi connectivity index (χ0v) is 11.8. The van der Waals surface area contributed by atoms with Gasteiger partial charge in [-0.2, -0.15) is 0 Å². The van der Waals surface area contributed by atoms with Gasteiger partial charge in [0.25, 0.3) is 5.56 Å². The van der Waals surface area contributed by atoms with Crippen LogP contribution in [0.5, 0.6) is 0 Å². The highest BCUT2D eigenvalue weighted by atomic mass is 16.4. The maximum atomic E-state index is 12.2. The fourth-order valence-electron chi connectivity index (χ4n) is 1.99. The average molecular weight is 319 g/mol. The van der Waals surface area contributed by atoms with E-state index in [-0.39, 0.29) is 0 Å². The summed E-state index contributed by atoms with van der Waals surface area (Å²) >= 11 is 0. The smallest absolute Gasteiger partial charge is 0.326 e. The first-order valence-corrected chi connectivity index (χ1v) is 6.56. The molecule has 9 heteroatoms. The molecule has 1 aromatic carbocycles. The Balaban J connectivity index is 2.17. The van der Waals surface area contributed by atoms with Gasteiger partial charge in [-0.25, -0.2) is 9.78 Å². The van der Waals surface area contributed by atoms with Gasteiger partial charge in [-0.15, -0.1) is 0 Å². The third kappa shape index (κ3) is 3.90. The molecule has 1 aromatic heterocycles. The summed E-state index contributed by atoms with van der Waals surface area (Å²) in [7, 11) is 0. The molecule has 1 atom stereocenters. The van der Waals surface area contributed by atoms with Crippen LogP contribution in [0.2, 0.25) is 0 Å². The van der Waals surface area contributed by atoms with Gasteiger partial charge >= 0.3 is 11.9 Å². The highest BCUT2D eigenvalue weighted by molar-refractivity contribution is 5.86. The van der Waals surface area contributed by atoms with Crippen LogP contribution in [-0.4, -0.2) is 43.7 Å². The second-order valence-electron chi connectivity index (χ2n) is 4.75. The first-order chi connectivity index (χ1) is 10.9. The van der Waals surface area contributed by atoms with Crippen molar-refractivity contribution in [2.24, 2.45) is 0 Å². The van der Waals surface area contributed by atoms with E-state index >= 15 is 0 Å². The predicted octanol–water partition coefficient (Wildman–Crippen LogP) is -0.559. The van der Waals surface area contributed by atoms with Crippen LogP contribution in [0.15, 0.2) is 35.4 Å². The van der Waals surface area contributed by atoms with Crippen LogP contribution in [0.1, 0.15) is 6.42 Å². The summed E-state index contributed by atoms with van der Waals surface area (Å²) in [5.74, 6) is -3.62. The van der Waals surface area contributed by atoms with Gasteiger partial charge in [0.2, 0.25) is 5.91 Å². The lowest BCUT2D eigenvalue weighted by Gasteiger charge is -2.13. The number of nitrogens with zero attached hydrogens (tertiary/aromatic N) is 2. The van der Waals surface area contributed by atoms with E-state index in [9.17, 15) is 19.2 Å².